The van der Waals surface area contributed by atoms with E-state index in [9.17, 15) is 4.79 Å². The first kappa shape index (κ1) is 9.51. The third-order valence-corrected chi connectivity index (χ3v) is 2.01. The predicted octanol–water partition coefficient (Wildman–Crippen LogP) is 1.54. The summed E-state index contributed by atoms with van der Waals surface area (Å²) in [5.41, 5.74) is -0.181. The minimum absolute atomic E-state index is 0.0192. The third-order valence-electron chi connectivity index (χ3n) is 2.01. The summed E-state index contributed by atoms with van der Waals surface area (Å²) >= 11 is 0. The Hall–Kier alpha value is -2.04. The summed E-state index contributed by atoms with van der Waals surface area (Å²) in [5.74, 6) is 1.33. The van der Waals surface area contributed by atoms with Crippen LogP contribution < -0.4 is 10.9 Å². The Morgan fingerprint density at radius 2 is 2.47 bits per heavy atom. The highest BCUT2D eigenvalue weighted by Gasteiger charge is 2.08. The maximum absolute atomic E-state index is 11.0. The van der Waals surface area contributed by atoms with E-state index in [1.807, 2.05) is 19.1 Å². The Balaban J connectivity index is 2.12. The molecule has 0 amide bonds. The average Bonchev–Trinajstić information content (AvgIpc) is 2.70. The zero-order valence-corrected chi connectivity index (χ0v) is 8.23. The fourth-order valence-electron chi connectivity index (χ4n) is 1.28. The van der Waals surface area contributed by atoms with Crippen molar-refractivity contribution in [3.05, 3.63) is 46.9 Å². The Kier molecular flexibility index (Phi) is 2.53. The van der Waals surface area contributed by atoms with Gasteiger partial charge in [0.2, 0.25) is 0 Å². The summed E-state index contributed by atoms with van der Waals surface area (Å²) in [6, 6.07) is 5.07. The summed E-state index contributed by atoms with van der Waals surface area (Å²) in [6.45, 7) is 1.93. The van der Waals surface area contributed by atoms with Crippen LogP contribution in [0.4, 0.5) is 5.82 Å². The van der Waals surface area contributed by atoms with E-state index in [1.54, 1.807) is 6.26 Å². The van der Waals surface area contributed by atoms with Gasteiger partial charge in [-0.25, -0.2) is 4.98 Å². The molecule has 2 aromatic rings. The summed E-state index contributed by atoms with van der Waals surface area (Å²) < 4.78 is 5.22. The van der Waals surface area contributed by atoms with Crippen LogP contribution in [0.1, 0.15) is 18.7 Å². The van der Waals surface area contributed by atoms with Crippen LogP contribution >= 0.6 is 0 Å². The second-order valence-electron chi connectivity index (χ2n) is 3.18. The fourth-order valence-corrected chi connectivity index (χ4v) is 1.28. The quantitative estimate of drug-likeness (QED) is 0.797. The summed E-state index contributed by atoms with van der Waals surface area (Å²) in [5, 5.41) is 3.06. The highest BCUT2D eigenvalue weighted by molar-refractivity contribution is 5.34. The SMILES string of the molecule is CC(Nc1cc(=O)[nH]cn1)c1ccco1. The number of rotatable bonds is 3. The maximum Gasteiger partial charge on any atom is 0.252 e. The Labute approximate surface area is 86.2 Å². The lowest BCUT2D eigenvalue weighted by atomic mass is 10.2. The van der Waals surface area contributed by atoms with Crippen LogP contribution in [-0.4, -0.2) is 9.97 Å². The number of nitrogens with one attached hydrogen (secondary N) is 2. The molecule has 0 radical (unpaired) electrons. The van der Waals surface area contributed by atoms with Gasteiger partial charge in [-0.3, -0.25) is 4.79 Å². The molecule has 2 rings (SSSR count). The number of aromatic nitrogens is 2. The highest BCUT2D eigenvalue weighted by Crippen LogP contribution is 2.16. The predicted molar refractivity (Wildman–Crippen MR) is 55.6 cm³/mol. The van der Waals surface area contributed by atoms with Crippen molar-refractivity contribution in [2.75, 3.05) is 5.32 Å². The van der Waals surface area contributed by atoms with Gasteiger partial charge in [-0.15, -0.1) is 0 Å². The molecule has 78 valence electrons. The van der Waals surface area contributed by atoms with E-state index in [1.165, 1.54) is 12.4 Å². The van der Waals surface area contributed by atoms with Crippen molar-refractivity contribution in [1.29, 1.82) is 0 Å². The Morgan fingerprint density at radius 1 is 1.60 bits per heavy atom. The molecule has 2 heterocycles. The van der Waals surface area contributed by atoms with Crippen LogP contribution in [0.2, 0.25) is 0 Å². The maximum atomic E-state index is 11.0. The molecule has 2 aromatic heterocycles. The lowest BCUT2D eigenvalue weighted by Gasteiger charge is -2.10. The molecule has 1 atom stereocenters. The molecule has 0 bridgehead atoms. The van der Waals surface area contributed by atoms with Gasteiger partial charge in [-0.2, -0.15) is 0 Å². The van der Waals surface area contributed by atoms with Crippen molar-refractivity contribution >= 4 is 5.82 Å². The van der Waals surface area contributed by atoms with Gasteiger partial charge in [0, 0.05) is 6.07 Å². The number of hydrogen-bond donors (Lipinski definition) is 2. The van der Waals surface area contributed by atoms with Gasteiger partial charge in [-0.1, -0.05) is 0 Å². The van der Waals surface area contributed by atoms with E-state index < -0.39 is 0 Å². The number of furan rings is 1. The zero-order chi connectivity index (χ0) is 10.7. The molecule has 0 aromatic carbocycles. The molecular weight excluding hydrogens is 194 g/mol. The van der Waals surface area contributed by atoms with Crippen molar-refractivity contribution in [1.82, 2.24) is 9.97 Å². The van der Waals surface area contributed by atoms with Crippen LogP contribution in [0.5, 0.6) is 0 Å². The van der Waals surface area contributed by atoms with E-state index >= 15 is 0 Å². The Bertz CT molecular complexity index is 475. The van der Waals surface area contributed by atoms with Gasteiger partial charge in [0.05, 0.1) is 18.6 Å². The molecule has 5 nitrogen and oxygen atoms in total. The molecule has 0 aliphatic rings. The van der Waals surface area contributed by atoms with E-state index in [4.69, 9.17) is 4.42 Å². The van der Waals surface area contributed by atoms with E-state index in [0.717, 1.165) is 5.76 Å². The number of hydrogen-bond acceptors (Lipinski definition) is 4. The molecule has 0 spiro atoms. The largest absolute Gasteiger partial charge is 0.467 e. The van der Waals surface area contributed by atoms with Crippen molar-refractivity contribution in [2.24, 2.45) is 0 Å². The van der Waals surface area contributed by atoms with Gasteiger partial charge in [0.25, 0.3) is 5.56 Å². The molecule has 0 fully saturated rings. The third kappa shape index (κ3) is 2.25. The summed E-state index contributed by atoms with van der Waals surface area (Å²) in [4.78, 5) is 17.4. The standard InChI is InChI=1S/C10H11N3O2/c1-7(8-3-2-4-15-8)13-9-5-10(14)12-6-11-9/h2-7H,1H3,(H2,11,12,13,14). The van der Waals surface area contributed by atoms with E-state index in [-0.39, 0.29) is 11.6 Å². The Morgan fingerprint density at radius 3 is 3.13 bits per heavy atom. The number of H-pyrrole nitrogens is 1. The van der Waals surface area contributed by atoms with Crippen molar-refractivity contribution in [2.45, 2.75) is 13.0 Å². The first-order valence-electron chi connectivity index (χ1n) is 4.60. The number of aromatic amines is 1. The second kappa shape index (κ2) is 4.00. The lowest BCUT2D eigenvalue weighted by molar-refractivity contribution is 0.490. The molecule has 5 heteroatoms. The van der Waals surface area contributed by atoms with Gasteiger partial charge in [-0.05, 0) is 19.1 Å². The van der Waals surface area contributed by atoms with Gasteiger partial charge < -0.3 is 14.7 Å². The first-order valence-corrected chi connectivity index (χ1v) is 4.60. The fraction of sp³-hybridized carbons (Fsp3) is 0.200. The van der Waals surface area contributed by atoms with Crippen molar-refractivity contribution in [3.63, 3.8) is 0 Å². The normalized spacial score (nSPS) is 12.3. The minimum Gasteiger partial charge on any atom is -0.467 e. The van der Waals surface area contributed by atoms with Crippen molar-refractivity contribution < 1.29 is 4.42 Å². The molecule has 0 aliphatic heterocycles. The molecule has 15 heavy (non-hydrogen) atoms. The van der Waals surface area contributed by atoms with Crippen LogP contribution in [0.3, 0.4) is 0 Å². The van der Waals surface area contributed by atoms with Gasteiger partial charge in [0.15, 0.2) is 0 Å². The monoisotopic (exact) mass is 205 g/mol. The molecule has 0 saturated heterocycles. The molecule has 0 saturated carbocycles. The van der Waals surface area contributed by atoms with Crippen LogP contribution in [0.15, 0.2) is 40.0 Å². The van der Waals surface area contributed by atoms with Crippen LogP contribution in [0.25, 0.3) is 0 Å². The number of anilines is 1. The van der Waals surface area contributed by atoms with Crippen LogP contribution in [0, 0.1) is 0 Å². The highest BCUT2D eigenvalue weighted by atomic mass is 16.3. The van der Waals surface area contributed by atoms with E-state index in [2.05, 4.69) is 15.3 Å². The average molecular weight is 205 g/mol. The van der Waals surface area contributed by atoms with Crippen LogP contribution in [-0.2, 0) is 0 Å². The molecule has 0 aliphatic carbocycles. The second-order valence-corrected chi connectivity index (χ2v) is 3.18. The lowest BCUT2D eigenvalue weighted by Crippen LogP contribution is -2.11. The van der Waals surface area contributed by atoms with Gasteiger partial charge in [0.1, 0.15) is 11.6 Å². The molecular formula is C10H11N3O2. The summed E-state index contributed by atoms with van der Waals surface area (Å²) in [6.07, 6.45) is 2.97. The minimum atomic E-state index is -0.181. The topological polar surface area (TPSA) is 70.9 Å². The molecule has 2 N–H and O–H groups in total. The molecule has 1 unspecified atom stereocenters. The summed E-state index contributed by atoms with van der Waals surface area (Å²) in [7, 11) is 0. The first-order chi connectivity index (χ1) is 7.25. The smallest absolute Gasteiger partial charge is 0.252 e. The zero-order valence-electron chi connectivity index (χ0n) is 8.23. The van der Waals surface area contributed by atoms with Gasteiger partial charge >= 0.3 is 0 Å². The van der Waals surface area contributed by atoms with Crippen molar-refractivity contribution in [3.8, 4) is 0 Å². The van der Waals surface area contributed by atoms with E-state index in [0.29, 0.717) is 5.82 Å². The number of nitrogens with zero attached hydrogens (tertiary/aromatic N) is 1.